The molecule has 0 saturated carbocycles. The predicted molar refractivity (Wildman–Crippen MR) is 43.2 cm³/mol. The SMILES string of the molecule is OP(O)(=[Se])c1ccccc1. The Labute approximate surface area is 66.9 Å². The van der Waals surface area contributed by atoms with Gasteiger partial charge in [0.2, 0.25) is 0 Å². The predicted octanol–water partition coefficient (Wildman–Crippen LogP) is 0.228. The summed E-state index contributed by atoms with van der Waals surface area (Å²) in [5.41, 5.74) is 0. The molecular formula is C6H7O2PSe. The summed E-state index contributed by atoms with van der Waals surface area (Å²) in [5, 5.41) is 0.565. The van der Waals surface area contributed by atoms with Crippen molar-refractivity contribution in [3.63, 3.8) is 0 Å². The van der Waals surface area contributed by atoms with Gasteiger partial charge in [-0.25, -0.2) is 0 Å². The first-order valence-corrected chi connectivity index (χ1v) is 6.63. The van der Waals surface area contributed by atoms with Gasteiger partial charge in [0.25, 0.3) is 0 Å². The van der Waals surface area contributed by atoms with Gasteiger partial charge in [-0.3, -0.25) is 0 Å². The van der Waals surface area contributed by atoms with Crippen molar-refractivity contribution in [1.82, 2.24) is 0 Å². The quantitative estimate of drug-likeness (QED) is 0.526. The first-order valence-electron chi connectivity index (χ1n) is 2.72. The van der Waals surface area contributed by atoms with Crippen LogP contribution >= 0.6 is 5.96 Å². The normalized spacial score (nSPS) is 11.4. The molecule has 0 bridgehead atoms. The standard InChI is InChI=1S/C6H7O2PSe/c7-9(8,10)6-4-2-1-3-5-6/h1-5H,(H2,7,8,10). The molecule has 0 aliphatic carbocycles. The van der Waals surface area contributed by atoms with E-state index in [2.05, 4.69) is 15.1 Å². The van der Waals surface area contributed by atoms with E-state index in [1.165, 1.54) is 0 Å². The Bertz CT molecular complexity index is 254. The van der Waals surface area contributed by atoms with Crippen LogP contribution in [0.2, 0.25) is 0 Å². The summed E-state index contributed by atoms with van der Waals surface area (Å²) in [5.74, 6) is -2.89. The van der Waals surface area contributed by atoms with Gasteiger partial charge in [0.15, 0.2) is 0 Å². The van der Waals surface area contributed by atoms with E-state index >= 15 is 0 Å². The molecule has 4 heteroatoms. The van der Waals surface area contributed by atoms with Crippen LogP contribution in [-0.2, 0) is 0 Å². The van der Waals surface area contributed by atoms with Crippen molar-refractivity contribution in [3.05, 3.63) is 30.3 Å². The zero-order valence-electron chi connectivity index (χ0n) is 5.14. The summed E-state index contributed by atoms with van der Waals surface area (Å²) in [6.07, 6.45) is 0. The summed E-state index contributed by atoms with van der Waals surface area (Å²) in [6, 6.07) is 8.75. The molecule has 1 rings (SSSR count). The van der Waals surface area contributed by atoms with Crippen molar-refractivity contribution in [2.75, 3.05) is 0 Å². The van der Waals surface area contributed by atoms with Crippen molar-refractivity contribution in [2.45, 2.75) is 0 Å². The Kier molecular flexibility index (Phi) is 2.45. The van der Waals surface area contributed by atoms with Gasteiger partial charge in [0.05, 0.1) is 0 Å². The van der Waals surface area contributed by atoms with Crippen LogP contribution < -0.4 is 5.30 Å². The van der Waals surface area contributed by atoms with Gasteiger partial charge in [0.1, 0.15) is 0 Å². The second-order valence-corrected chi connectivity index (χ2v) is 6.69. The molecule has 1 aromatic rings. The number of rotatable bonds is 1. The first kappa shape index (κ1) is 8.19. The van der Waals surface area contributed by atoms with Crippen LogP contribution in [0, 0.1) is 0 Å². The third-order valence-electron chi connectivity index (χ3n) is 1.09. The van der Waals surface area contributed by atoms with E-state index in [1.807, 2.05) is 6.07 Å². The summed E-state index contributed by atoms with van der Waals surface area (Å²) >= 11 is 2.35. The zero-order valence-corrected chi connectivity index (χ0v) is 7.74. The van der Waals surface area contributed by atoms with Crippen molar-refractivity contribution < 1.29 is 9.79 Å². The molecule has 2 nitrogen and oxygen atoms in total. The minimum absolute atomic E-state index is 0.565. The van der Waals surface area contributed by atoms with Crippen molar-refractivity contribution in [3.8, 4) is 0 Å². The van der Waals surface area contributed by atoms with Crippen LogP contribution in [0.4, 0.5) is 0 Å². The van der Waals surface area contributed by atoms with Crippen LogP contribution in [0.25, 0.3) is 0 Å². The van der Waals surface area contributed by atoms with E-state index in [0.717, 1.165) is 0 Å². The fourth-order valence-corrected chi connectivity index (χ4v) is 1.95. The maximum atomic E-state index is 9.10. The Morgan fingerprint density at radius 1 is 1.10 bits per heavy atom. The average molecular weight is 221 g/mol. The molecule has 0 heterocycles. The molecule has 0 saturated heterocycles. The molecule has 0 aliphatic heterocycles. The van der Waals surface area contributed by atoms with Gasteiger partial charge < -0.3 is 0 Å². The monoisotopic (exact) mass is 222 g/mol. The van der Waals surface area contributed by atoms with Crippen LogP contribution in [0.5, 0.6) is 0 Å². The Morgan fingerprint density at radius 2 is 1.60 bits per heavy atom. The summed E-state index contributed by atoms with van der Waals surface area (Å²) < 4.78 is 0. The minimum atomic E-state index is -2.89. The van der Waals surface area contributed by atoms with Gasteiger partial charge in [-0.05, 0) is 0 Å². The van der Waals surface area contributed by atoms with E-state index in [1.54, 1.807) is 24.3 Å². The van der Waals surface area contributed by atoms with Crippen molar-refractivity contribution >= 4 is 26.4 Å². The van der Waals surface area contributed by atoms with Gasteiger partial charge in [0, 0.05) is 0 Å². The molecule has 54 valence electrons. The Hall–Kier alpha value is 0.0895. The number of benzene rings is 1. The van der Waals surface area contributed by atoms with Gasteiger partial charge in [-0.2, -0.15) is 0 Å². The van der Waals surface area contributed by atoms with Gasteiger partial charge >= 0.3 is 66.5 Å². The molecule has 0 fully saturated rings. The molecular weight excluding hydrogens is 214 g/mol. The summed E-state index contributed by atoms with van der Waals surface area (Å²) in [4.78, 5) is 18.2. The summed E-state index contributed by atoms with van der Waals surface area (Å²) in [7, 11) is 0. The summed E-state index contributed by atoms with van der Waals surface area (Å²) in [6.45, 7) is 0. The number of hydrogen-bond acceptors (Lipinski definition) is 2. The third-order valence-corrected chi connectivity index (χ3v) is 3.39. The first-order chi connectivity index (χ1) is 4.61. The fraction of sp³-hybridized carbons (Fsp3) is 0. The molecule has 0 spiro atoms. The average Bonchev–Trinajstić information content (AvgIpc) is 1.88. The van der Waals surface area contributed by atoms with E-state index < -0.39 is 5.96 Å². The zero-order chi connectivity index (χ0) is 7.61. The molecule has 0 aliphatic rings. The van der Waals surface area contributed by atoms with Crippen LogP contribution in [-0.4, -0.2) is 24.9 Å². The van der Waals surface area contributed by atoms with Crippen molar-refractivity contribution in [1.29, 1.82) is 0 Å². The molecule has 0 amide bonds. The number of hydrogen-bond donors (Lipinski definition) is 2. The molecule has 0 unspecified atom stereocenters. The van der Waals surface area contributed by atoms with E-state index in [0.29, 0.717) is 5.30 Å². The molecule has 10 heavy (non-hydrogen) atoms. The molecule has 2 N–H and O–H groups in total. The van der Waals surface area contributed by atoms with Crippen molar-refractivity contribution in [2.24, 2.45) is 0 Å². The molecule has 0 atom stereocenters. The fourth-order valence-electron chi connectivity index (χ4n) is 0.622. The maximum absolute atomic E-state index is 9.10. The van der Waals surface area contributed by atoms with Gasteiger partial charge in [-0.1, -0.05) is 0 Å². The third kappa shape index (κ3) is 2.05. The van der Waals surface area contributed by atoms with E-state index in [4.69, 9.17) is 9.79 Å². The second kappa shape index (κ2) is 3.00. The molecule has 0 aromatic heterocycles. The second-order valence-electron chi connectivity index (χ2n) is 1.88. The van der Waals surface area contributed by atoms with Crippen LogP contribution in [0.1, 0.15) is 0 Å². The van der Waals surface area contributed by atoms with E-state index in [-0.39, 0.29) is 0 Å². The molecule has 1 aromatic carbocycles. The van der Waals surface area contributed by atoms with Gasteiger partial charge in [-0.15, -0.1) is 0 Å². The van der Waals surface area contributed by atoms with E-state index in [9.17, 15) is 0 Å². The molecule has 0 radical (unpaired) electrons. The topological polar surface area (TPSA) is 40.5 Å². The Balaban J connectivity index is 3.09. The van der Waals surface area contributed by atoms with Crippen LogP contribution in [0.15, 0.2) is 30.3 Å². The van der Waals surface area contributed by atoms with Crippen LogP contribution in [0.3, 0.4) is 0 Å². The Morgan fingerprint density at radius 3 is 1.90 bits per heavy atom.